The van der Waals surface area contributed by atoms with Crippen LogP contribution in [0.4, 0.5) is 0 Å². The predicted octanol–water partition coefficient (Wildman–Crippen LogP) is -8.38. The van der Waals surface area contributed by atoms with Gasteiger partial charge in [0.1, 0.15) is 146 Å². The van der Waals surface area contributed by atoms with Gasteiger partial charge in [0.25, 0.3) is 20.2 Å². The van der Waals surface area contributed by atoms with E-state index in [1.54, 1.807) is 38.1 Å². The molecule has 22 saturated heterocycles. The monoisotopic (exact) mass is 1340 g/mol. The molecule has 0 aromatic heterocycles. The largest absolute Gasteiger partial charge is 0.394 e. The summed E-state index contributed by atoms with van der Waals surface area (Å²) >= 11 is 0. The van der Waals surface area contributed by atoms with Crippen molar-refractivity contribution in [3.05, 3.63) is 57.6 Å². The first-order chi connectivity index (χ1) is 42.4. The van der Waals surface area contributed by atoms with Gasteiger partial charge in [-0.1, -0.05) is 35.4 Å². The van der Waals surface area contributed by atoms with Crippen molar-refractivity contribution < 1.29 is 164 Å². The summed E-state index contributed by atoms with van der Waals surface area (Å²) in [6.45, 7) is 2.74. The molecular weight excluding hydrogens is 1260 g/mol. The van der Waals surface area contributed by atoms with Crippen molar-refractivity contribution >= 4 is 20.2 Å². The molecule has 22 aliphatic heterocycles. The number of hydrogen-bond acceptors (Lipinski definition) is 34. The van der Waals surface area contributed by atoms with Gasteiger partial charge in [-0.3, -0.25) is 8.37 Å². The minimum absolute atomic E-state index is 0.253. The molecule has 90 heavy (non-hydrogen) atoms. The van der Waals surface area contributed by atoms with Crippen LogP contribution in [0.2, 0.25) is 0 Å². The summed E-state index contributed by atoms with van der Waals surface area (Å²) in [5.74, 6) is 0. The second kappa shape index (κ2) is 28.8. The van der Waals surface area contributed by atoms with Crippen LogP contribution >= 0.6 is 0 Å². The molecule has 512 valence electrons. The summed E-state index contributed by atoms with van der Waals surface area (Å²) in [7, 11) is -9.55. The summed E-state index contributed by atoms with van der Waals surface area (Å²) < 4.78 is 137. The van der Waals surface area contributed by atoms with E-state index in [9.17, 15) is 98.5 Å². The van der Waals surface area contributed by atoms with Crippen molar-refractivity contribution in [1.29, 1.82) is 0 Å². The fourth-order valence-corrected chi connectivity index (χ4v) is 15.1. The molecule has 0 saturated carbocycles. The van der Waals surface area contributed by atoms with E-state index in [0.717, 1.165) is 0 Å². The van der Waals surface area contributed by atoms with Crippen LogP contribution in [0.3, 0.4) is 0 Å². The third kappa shape index (κ3) is 14.3. The zero-order chi connectivity index (χ0) is 65.9. The first kappa shape index (κ1) is 71.4. The lowest BCUT2D eigenvalue weighted by Crippen LogP contribution is -2.69. The summed E-state index contributed by atoms with van der Waals surface area (Å²) in [6.07, 6.45) is -63.8. The van der Waals surface area contributed by atoms with Gasteiger partial charge in [-0.25, -0.2) is 0 Å². The fraction of sp³-hybridized carbons (Fsp3) is 0.778. The molecule has 22 aliphatic rings. The van der Waals surface area contributed by atoms with Crippen molar-refractivity contribution in [2.24, 2.45) is 0 Å². The van der Waals surface area contributed by atoms with Crippen LogP contribution < -0.4 is 0 Å². The lowest BCUT2D eigenvalue weighted by molar-refractivity contribution is -0.403. The highest BCUT2D eigenvalue weighted by Gasteiger charge is 2.59. The Morgan fingerprint density at radius 2 is 0.478 bits per heavy atom. The third-order valence-electron chi connectivity index (χ3n) is 16.8. The van der Waals surface area contributed by atoms with Crippen LogP contribution in [-0.2, 0) is 85.4 Å². The topological polar surface area (TPSA) is 521 Å². The minimum atomic E-state index is -4.77. The van der Waals surface area contributed by atoms with Gasteiger partial charge in [0, 0.05) is 0 Å². The van der Waals surface area contributed by atoms with Crippen molar-refractivity contribution in [3.63, 3.8) is 0 Å². The molecule has 2 aromatic carbocycles. The number of rotatable bonds is 12. The molecule has 22 heterocycles. The van der Waals surface area contributed by atoms with E-state index in [2.05, 4.69) is 0 Å². The van der Waals surface area contributed by atoms with Gasteiger partial charge in [-0.15, -0.1) is 0 Å². The number of aliphatic hydroxyl groups is 16. The van der Waals surface area contributed by atoms with Crippen molar-refractivity contribution in [3.8, 4) is 0 Å². The molecular formula is C54H80O34S2. The molecule has 22 fully saturated rings. The molecule has 0 spiro atoms. The van der Waals surface area contributed by atoms with Crippen LogP contribution in [0, 0.1) is 41.5 Å². The molecule has 12 bridgehead atoms. The molecule has 0 amide bonds. The highest BCUT2D eigenvalue weighted by atomic mass is 32.2. The number of benzene rings is 2. The molecule has 16 N–H and O–H groups in total. The van der Waals surface area contributed by atoms with Crippen LogP contribution in [0.25, 0.3) is 0 Å². The lowest BCUT2D eigenvalue weighted by atomic mass is 9.94. The average Bonchev–Trinajstić information content (AvgIpc) is 0.844. The number of ether oxygens (including phenoxy) is 12. The van der Waals surface area contributed by atoms with E-state index in [-0.39, 0.29) is 32.0 Å². The first-order valence-electron chi connectivity index (χ1n) is 28.8. The smallest absolute Gasteiger partial charge is 0.297 e. The molecule has 24 rings (SSSR count). The maximum absolute atomic E-state index is 14.0. The van der Waals surface area contributed by atoms with Gasteiger partial charge in [-0.2, -0.15) is 16.8 Å². The van der Waals surface area contributed by atoms with Gasteiger partial charge >= 0.3 is 0 Å². The third-order valence-corrected chi connectivity index (χ3v) is 20.0. The zero-order valence-electron chi connectivity index (χ0n) is 49.2. The Labute approximate surface area is 515 Å². The van der Waals surface area contributed by atoms with Crippen LogP contribution in [0.1, 0.15) is 33.4 Å². The highest BCUT2D eigenvalue weighted by Crippen LogP contribution is 2.39. The summed E-state index contributed by atoms with van der Waals surface area (Å²) in [5.41, 5.74) is 2.40. The molecule has 30 atom stereocenters. The minimum Gasteiger partial charge on any atom is -0.394 e. The van der Waals surface area contributed by atoms with E-state index in [1.165, 1.54) is 27.7 Å². The Bertz CT molecular complexity index is 2840. The van der Waals surface area contributed by atoms with Gasteiger partial charge < -0.3 is 139 Å². The van der Waals surface area contributed by atoms with Gasteiger partial charge in [0.2, 0.25) is 0 Å². The standard InChI is InChI=1S/C54H80O34S2/c1-17-7-19(3)47(20(4)8-17)89(71,72)75-15-27-45-34(64)40(70)54(82-27)86-44-26(14-58)80-52(38(68)32(44)62)88-46-28(16-76-90(73,74)48-21(5)9-18(2)10-22(48)6)81-53(39(69)33(46)63)85-43-25(13-57)78-50(36(66)30(43)60)83-41-23(11-55)77-49(35(65)29(41)59)84-42-24(12-56)79-51(87-45)37(67)31(42)61/h7-10,23-46,49-70H,11-16H2,1-6H3/t23-,24-,25-,26-,27-,28-,29-,30-,31-,32-,33-,34-,35-,36-,37-,38-,39-,40-,41-,42-,43-,44-,45-,46-,49-,50-,51-,52-,53-,54-/m1/s1. The maximum atomic E-state index is 14.0. The number of hydrogen-bond donors (Lipinski definition) is 16. The summed E-state index contributed by atoms with van der Waals surface area (Å²) in [6, 6.07) is 6.21. The van der Waals surface area contributed by atoms with Gasteiger partial charge in [0.15, 0.2) is 37.7 Å². The highest BCUT2D eigenvalue weighted by molar-refractivity contribution is 7.87. The summed E-state index contributed by atoms with van der Waals surface area (Å²) in [4.78, 5) is -0.548. The van der Waals surface area contributed by atoms with Crippen LogP contribution in [-0.4, -0.2) is 322 Å². The van der Waals surface area contributed by atoms with E-state index < -0.39 is 244 Å². The Hall–Kier alpha value is -2.86. The Balaban J connectivity index is 1.07. The van der Waals surface area contributed by atoms with E-state index in [4.69, 9.17) is 65.2 Å². The van der Waals surface area contributed by atoms with Crippen LogP contribution in [0.5, 0.6) is 0 Å². The second-order valence-electron chi connectivity index (χ2n) is 23.4. The van der Waals surface area contributed by atoms with E-state index in [0.29, 0.717) is 11.1 Å². The van der Waals surface area contributed by atoms with Gasteiger partial charge in [-0.05, 0) is 63.8 Å². The molecule has 34 nitrogen and oxygen atoms in total. The second-order valence-corrected chi connectivity index (χ2v) is 26.5. The summed E-state index contributed by atoms with van der Waals surface area (Å²) in [5, 5.41) is 182. The number of aryl methyl sites for hydroxylation is 6. The van der Waals surface area contributed by atoms with Crippen molar-refractivity contribution in [2.45, 2.75) is 236 Å². The Morgan fingerprint density at radius 1 is 0.300 bits per heavy atom. The molecule has 0 unspecified atom stereocenters. The Morgan fingerprint density at radius 3 is 0.667 bits per heavy atom. The maximum Gasteiger partial charge on any atom is 0.297 e. The normalized spacial score (nSPS) is 44.1. The molecule has 2 aromatic rings. The Kier molecular flexibility index (Phi) is 22.9. The first-order valence-corrected chi connectivity index (χ1v) is 31.6. The van der Waals surface area contributed by atoms with Crippen molar-refractivity contribution in [1.82, 2.24) is 0 Å². The molecule has 0 aliphatic carbocycles. The zero-order valence-corrected chi connectivity index (χ0v) is 50.8. The molecule has 0 radical (unpaired) electrons. The fourth-order valence-electron chi connectivity index (χ4n) is 12.5. The van der Waals surface area contributed by atoms with Gasteiger partial charge in [0.05, 0.1) is 49.4 Å². The SMILES string of the molecule is Cc1cc(C)c(S(=O)(=O)OC[C@H]2O[C@@H]3O[C@H]4[C@H](O)[C@@H](O)[C@@H](O[C@H]5[C@H](O)[C@@H](O)[C@@H](O[C@H]6[C@H](O)[C@@H](O)[C@@H](O[C@H]7[C@H](O)[C@@H](O)[C@@H](O[C@H]8[C@H](O)[C@@H](O)[C@@H](O[C@H]2[C@H](O)[C@H]3O)O[C@@H]8CO)O[C@@H]7COS(=O)(=O)c2c(C)cc(C)cc2C)O[C@@H]6CO)O[C@@H]5CO)O[C@@H]4CO)c(C)c1. The van der Waals surface area contributed by atoms with E-state index in [1.807, 2.05) is 0 Å². The van der Waals surface area contributed by atoms with Crippen LogP contribution in [0.15, 0.2) is 34.1 Å². The predicted molar refractivity (Wildman–Crippen MR) is 289 cm³/mol. The molecule has 36 heteroatoms. The van der Waals surface area contributed by atoms with E-state index >= 15 is 0 Å². The van der Waals surface area contributed by atoms with Crippen molar-refractivity contribution in [2.75, 3.05) is 39.6 Å². The quantitative estimate of drug-likeness (QED) is 0.0878. The lowest BCUT2D eigenvalue weighted by Gasteiger charge is -2.50. The number of aliphatic hydroxyl groups excluding tert-OH is 16. The average molecular weight is 1340 g/mol.